The molecule has 4 nitrogen and oxygen atoms in total. The Balaban J connectivity index is 1.97. The Morgan fingerprint density at radius 2 is 2.00 bits per heavy atom. The van der Waals surface area contributed by atoms with Crippen LogP contribution in [-0.2, 0) is 0 Å². The van der Waals surface area contributed by atoms with Gasteiger partial charge >= 0.3 is 0 Å². The van der Waals surface area contributed by atoms with Crippen molar-refractivity contribution in [1.29, 1.82) is 0 Å². The standard InChI is InChI=1S/C18H14ClNO3S/c1-10-15-13(19)9-24-18(15)20-17(22)16(10)14(21)8-5-11-3-6-12(23-2)7-4-11/h3-9H,1-2H3,(H,20,22)/b8-5+. The first-order valence-corrected chi connectivity index (χ1v) is 8.43. The number of fused-ring (bicyclic) bond motifs is 1. The maximum Gasteiger partial charge on any atom is 0.260 e. The van der Waals surface area contributed by atoms with Gasteiger partial charge in [0.2, 0.25) is 0 Å². The number of carbonyl (C=O) groups is 1. The number of halogens is 1. The van der Waals surface area contributed by atoms with E-state index in [1.165, 1.54) is 17.4 Å². The summed E-state index contributed by atoms with van der Waals surface area (Å²) in [6.07, 6.45) is 3.06. The molecule has 0 saturated heterocycles. The molecule has 0 radical (unpaired) electrons. The van der Waals surface area contributed by atoms with Crippen LogP contribution in [0.2, 0.25) is 5.02 Å². The third-order valence-corrected chi connectivity index (χ3v) is 5.06. The molecule has 2 heterocycles. The van der Waals surface area contributed by atoms with Crippen molar-refractivity contribution in [2.24, 2.45) is 0 Å². The molecule has 0 aliphatic heterocycles. The van der Waals surface area contributed by atoms with Gasteiger partial charge < -0.3 is 9.72 Å². The van der Waals surface area contributed by atoms with Crippen molar-refractivity contribution < 1.29 is 9.53 Å². The number of hydrogen-bond donors (Lipinski definition) is 1. The number of benzene rings is 1. The first-order valence-electron chi connectivity index (χ1n) is 7.17. The number of methoxy groups -OCH3 is 1. The summed E-state index contributed by atoms with van der Waals surface area (Å²) in [5, 5.41) is 3.01. The Bertz CT molecular complexity index is 1000. The number of nitrogens with one attached hydrogen (secondary N) is 1. The van der Waals surface area contributed by atoms with Gasteiger partial charge in [-0.1, -0.05) is 29.8 Å². The van der Waals surface area contributed by atoms with E-state index in [1.807, 2.05) is 12.1 Å². The highest BCUT2D eigenvalue weighted by Gasteiger charge is 2.17. The number of aromatic amines is 1. The summed E-state index contributed by atoms with van der Waals surface area (Å²) in [4.78, 5) is 28.1. The summed E-state index contributed by atoms with van der Waals surface area (Å²) in [6.45, 7) is 1.74. The maximum atomic E-state index is 12.5. The van der Waals surface area contributed by atoms with Crippen molar-refractivity contribution in [3.05, 3.63) is 67.8 Å². The molecule has 1 aromatic carbocycles. The molecular formula is C18H14ClNO3S. The van der Waals surface area contributed by atoms with E-state index in [4.69, 9.17) is 16.3 Å². The Kier molecular flexibility index (Phi) is 4.55. The Hall–Kier alpha value is -2.37. The molecule has 2 aromatic heterocycles. The normalized spacial score (nSPS) is 11.3. The molecule has 0 unspecified atom stereocenters. The van der Waals surface area contributed by atoms with Gasteiger partial charge in [-0.05, 0) is 36.3 Å². The minimum atomic E-state index is -0.400. The van der Waals surface area contributed by atoms with Crippen LogP contribution in [0.3, 0.4) is 0 Å². The van der Waals surface area contributed by atoms with Gasteiger partial charge in [-0.3, -0.25) is 9.59 Å². The Labute approximate surface area is 147 Å². The van der Waals surface area contributed by atoms with Crippen molar-refractivity contribution in [2.45, 2.75) is 6.92 Å². The number of ketones is 1. The van der Waals surface area contributed by atoms with E-state index >= 15 is 0 Å². The van der Waals surface area contributed by atoms with Crippen LogP contribution < -0.4 is 10.3 Å². The zero-order valence-corrected chi connectivity index (χ0v) is 14.6. The van der Waals surface area contributed by atoms with Crippen LogP contribution >= 0.6 is 22.9 Å². The summed E-state index contributed by atoms with van der Waals surface area (Å²) in [6, 6.07) is 7.27. The van der Waals surface area contributed by atoms with E-state index in [0.717, 1.165) is 16.7 Å². The van der Waals surface area contributed by atoms with Crippen molar-refractivity contribution in [2.75, 3.05) is 7.11 Å². The van der Waals surface area contributed by atoms with Gasteiger partial charge in [-0.25, -0.2) is 0 Å². The lowest BCUT2D eigenvalue weighted by molar-refractivity contribution is 0.104. The molecule has 0 aliphatic carbocycles. The van der Waals surface area contributed by atoms with Gasteiger partial charge in [0.05, 0.1) is 17.7 Å². The van der Waals surface area contributed by atoms with Crippen molar-refractivity contribution in [3.63, 3.8) is 0 Å². The monoisotopic (exact) mass is 359 g/mol. The molecule has 0 aliphatic rings. The third-order valence-electron chi connectivity index (χ3n) is 3.74. The molecule has 122 valence electrons. The maximum absolute atomic E-state index is 12.5. The highest BCUT2D eigenvalue weighted by atomic mass is 35.5. The molecule has 6 heteroatoms. The lowest BCUT2D eigenvalue weighted by Gasteiger charge is -2.03. The van der Waals surface area contributed by atoms with Gasteiger partial charge in [0, 0.05) is 10.8 Å². The van der Waals surface area contributed by atoms with Crippen LogP contribution in [0.5, 0.6) is 5.75 Å². The molecule has 0 spiro atoms. The largest absolute Gasteiger partial charge is 0.497 e. The van der Waals surface area contributed by atoms with Crippen LogP contribution in [0.15, 0.2) is 40.5 Å². The number of ether oxygens (including phenoxy) is 1. The molecule has 0 amide bonds. The summed E-state index contributed by atoms with van der Waals surface area (Å²) in [5.41, 5.74) is 1.16. The van der Waals surface area contributed by atoms with E-state index in [2.05, 4.69) is 4.98 Å². The minimum Gasteiger partial charge on any atom is -0.497 e. The molecule has 0 atom stereocenters. The van der Waals surface area contributed by atoms with Crippen molar-refractivity contribution in [3.8, 4) is 5.75 Å². The second-order valence-electron chi connectivity index (χ2n) is 5.21. The van der Waals surface area contributed by atoms with Gasteiger partial charge in [-0.15, -0.1) is 11.3 Å². The molecule has 1 N–H and O–H groups in total. The number of H-pyrrole nitrogens is 1. The summed E-state index contributed by atoms with van der Waals surface area (Å²) in [5.74, 6) is 0.386. The molecule has 0 saturated carbocycles. The topological polar surface area (TPSA) is 59.2 Å². The van der Waals surface area contributed by atoms with E-state index in [1.54, 1.807) is 37.6 Å². The van der Waals surface area contributed by atoms with E-state index in [0.29, 0.717) is 15.4 Å². The Morgan fingerprint density at radius 3 is 2.67 bits per heavy atom. The lowest BCUT2D eigenvalue weighted by atomic mass is 10.0. The number of allylic oxidation sites excluding steroid dienone is 1. The first kappa shape index (κ1) is 16.5. The zero-order valence-electron chi connectivity index (χ0n) is 13.1. The molecule has 0 fully saturated rings. The van der Waals surface area contributed by atoms with Gasteiger partial charge in [0.15, 0.2) is 5.78 Å². The van der Waals surface area contributed by atoms with Crippen LogP contribution in [0.25, 0.3) is 16.3 Å². The molecule has 3 rings (SSSR count). The number of rotatable bonds is 4. The summed E-state index contributed by atoms with van der Waals surface area (Å²) >= 11 is 7.50. The zero-order chi connectivity index (χ0) is 17.3. The number of pyridine rings is 1. The van der Waals surface area contributed by atoms with Crippen LogP contribution in [0, 0.1) is 6.92 Å². The van der Waals surface area contributed by atoms with Gasteiger partial charge in [-0.2, -0.15) is 0 Å². The van der Waals surface area contributed by atoms with Crippen LogP contribution in [0.4, 0.5) is 0 Å². The molecular weight excluding hydrogens is 346 g/mol. The van der Waals surface area contributed by atoms with E-state index in [9.17, 15) is 9.59 Å². The van der Waals surface area contributed by atoms with E-state index < -0.39 is 5.56 Å². The van der Waals surface area contributed by atoms with Gasteiger partial charge in [0.25, 0.3) is 5.56 Å². The first-order chi connectivity index (χ1) is 11.5. The number of thiophene rings is 1. The lowest BCUT2D eigenvalue weighted by Crippen LogP contribution is -2.18. The Morgan fingerprint density at radius 1 is 1.29 bits per heavy atom. The predicted octanol–water partition coefficient (Wildman–Crippen LogP) is 4.46. The summed E-state index contributed by atoms with van der Waals surface area (Å²) < 4.78 is 5.09. The average Bonchev–Trinajstić information content (AvgIpc) is 2.94. The van der Waals surface area contributed by atoms with E-state index in [-0.39, 0.29) is 11.3 Å². The number of hydrogen-bond acceptors (Lipinski definition) is 4. The minimum absolute atomic E-state index is 0.118. The van der Waals surface area contributed by atoms with Crippen molar-refractivity contribution in [1.82, 2.24) is 4.98 Å². The highest BCUT2D eigenvalue weighted by Crippen LogP contribution is 2.31. The molecule has 24 heavy (non-hydrogen) atoms. The second kappa shape index (κ2) is 6.63. The quantitative estimate of drug-likeness (QED) is 0.552. The SMILES string of the molecule is COc1ccc(/C=C/C(=O)c2c(C)c3c(Cl)csc3[nH]c2=O)cc1. The van der Waals surface area contributed by atoms with Gasteiger partial charge in [0.1, 0.15) is 10.6 Å². The smallest absolute Gasteiger partial charge is 0.260 e. The molecule has 0 bridgehead atoms. The molecule has 3 aromatic rings. The third kappa shape index (κ3) is 3.00. The van der Waals surface area contributed by atoms with Crippen LogP contribution in [0.1, 0.15) is 21.5 Å². The number of aryl methyl sites for hydroxylation is 1. The fourth-order valence-electron chi connectivity index (χ4n) is 2.51. The van der Waals surface area contributed by atoms with Crippen molar-refractivity contribution >= 4 is 45.0 Å². The fourth-order valence-corrected chi connectivity index (χ4v) is 3.80. The average molecular weight is 360 g/mol. The highest BCUT2D eigenvalue weighted by molar-refractivity contribution is 7.17. The number of carbonyl (C=O) groups excluding carboxylic acids is 1. The fraction of sp³-hybridized carbons (Fsp3) is 0.111. The van der Waals surface area contributed by atoms with Crippen LogP contribution in [-0.4, -0.2) is 17.9 Å². The summed E-state index contributed by atoms with van der Waals surface area (Å²) in [7, 11) is 1.59. The number of aromatic nitrogens is 1. The second-order valence-corrected chi connectivity index (χ2v) is 6.50. The predicted molar refractivity (Wildman–Crippen MR) is 98.6 cm³/mol.